The van der Waals surface area contributed by atoms with E-state index in [-0.39, 0.29) is 11.7 Å². The summed E-state index contributed by atoms with van der Waals surface area (Å²) in [6.07, 6.45) is 7.83. The summed E-state index contributed by atoms with van der Waals surface area (Å²) in [6, 6.07) is 8.68. The van der Waals surface area contributed by atoms with Crippen LogP contribution in [0.5, 0.6) is 5.75 Å². The van der Waals surface area contributed by atoms with Gasteiger partial charge in [-0.1, -0.05) is 37.8 Å². The minimum absolute atomic E-state index is 0.0492. The van der Waals surface area contributed by atoms with Crippen molar-refractivity contribution in [3.8, 4) is 5.75 Å². The lowest BCUT2D eigenvalue weighted by atomic mass is 9.89. The van der Waals surface area contributed by atoms with E-state index >= 15 is 0 Å². The molecule has 1 heterocycles. The highest BCUT2D eigenvalue weighted by atomic mass is 16.5. The molecule has 3 rings (SSSR count). The molecule has 2 unspecified atom stereocenters. The summed E-state index contributed by atoms with van der Waals surface area (Å²) < 4.78 is 11.9. The summed E-state index contributed by atoms with van der Waals surface area (Å²) in [6.45, 7) is 3.22. The Morgan fingerprint density at radius 3 is 2.38 bits per heavy atom. The van der Waals surface area contributed by atoms with Gasteiger partial charge in [0, 0.05) is 12.6 Å². The van der Waals surface area contributed by atoms with Crippen LogP contribution < -0.4 is 10.1 Å². The minimum atomic E-state index is 0.0492. The van der Waals surface area contributed by atoms with Crippen molar-refractivity contribution < 1.29 is 9.47 Å². The van der Waals surface area contributed by atoms with Gasteiger partial charge in [-0.25, -0.2) is 0 Å². The van der Waals surface area contributed by atoms with Crippen LogP contribution in [-0.2, 0) is 4.74 Å². The maximum Gasteiger partial charge on any atom is 0.118 e. The zero-order valence-corrected chi connectivity index (χ0v) is 13.2. The first kappa shape index (κ1) is 14.9. The van der Waals surface area contributed by atoms with Gasteiger partial charge in [0.15, 0.2) is 0 Å². The highest BCUT2D eigenvalue weighted by Crippen LogP contribution is 2.39. The molecule has 2 fully saturated rings. The summed E-state index contributed by atoms with van der Waals surface area (Å²) in [4.78, 5) is 0. The highest BCUT2D eigenvalue weighted by molar-refractivity contribution is 5.29. The Morgan fingerprint density at radius 1 is 1.10 bits per heavy atom. The summed E-state index contributed by atoms with van der Waals surface area (Å²) >= 11 is 0. The lowest BCUT2D eigenvalue weighted by molar-refractivity contribution is -0.142. The van der Waals surface area contributed by atoms with E-state index in [0.29, 0.717) is 6.04 Å². The van der Waals surface area contributed by atoms with Crippen molar-refractivity contribution in [2.45, 2.75) is 63.2 Å². The van der Waals surface area contributed by atoms with Gasteiger partial charge in [0.2, 0.25) is 0 Å². The van der Waals surface area contributed by atoms with Crippen LogP contribution in [-0.4, -0.2) is 25.3 Å². The van der Waals surface area contributed by atoms with Crippen molar-refractivity contribution in [2.75, 3.05) is 13.7 Å². The molecule has 0 amide bonds. The topological polar surface area (TPSA) is 30.5 Å². The summed E-state index contributed by atoms with van der Waals surface area (Å²) in [5.41, 5.74) is 1.30. The fourth-order valence-corrected chi connectivity index (χ4v) is 3.68. The molecule has 1 saturated heterocycles. The van der Waals surface area contributed by atoms with Crippen LogP contribution in [0.3, 0.4) is 0 Å². The summed E-state index contributed by atoms with van der Waals surface area (Å²) in [5, 5.41) is 3.69. The second-order valence-corrected chi connectivity index (χ2v) is 6.58. The molecule has 1 aliphatic heterocycles. The average Bonchev–Trinajstić information content (AvgIpc) is 2.76. The fraction of sp³-hybridized carbons (Fsp3) is 0.667. The molecule has 2 aliphatic rings. The van der Waals surface area contributed by atoms with Gasteiger partial charge in [-0.15, -0.1) is 0 Å². The molecular formula is C18H27NO2. The fourth-order valence-electron chi connectivity index (χ4n) is 3.68. The predicted octanol–water partition coefficient (Wildman–Crippen LogP) is 3.84. The number of hydrogen-bond acceptors (Lipinski definition) is 3. The lowest BCUT2D eigenvalue weighted by Crippen LogP contribution is -2.54. The molecule has 1 aromatic carbocycles. The van der Waals surface area contributed by atoms with Gasteiger partial charge >= 0.3 is 0 Å². The zero-order valence-electron chi connectivity index (χ0n) is 13.2. The molecule has 0 bridgehead atoms. The van der Waals surface area contributed by atoms with E-state index in [1.807, 2.05) is 12.1 Å². The molecule has 1 saturated carbocycles. The minimum Gasteiger partial charge on any atom is -0.497 e. The Kier molecular flexibility index (Phi) is 4.51. The van der Waals surface area contributed by atoms with Crippen LogP contribution >= 0.6 is 0 Å². The molecule has 3 nitrogen and oxygen atoms in total. The maximum atomic E-state index is 6.66. The van der Waals surface area contributed by atoms with E-state index in [1.165, 1.54) is 44.1 Å². The first-order valence-electron chi connectivity index (χ1n) is 8.28. The van der Waals surface area contributed by atoms with Crippen molar-refractivity contribution in [1.82, 2.24) is 5.32 Å². The van der Waals surface area contributed by atoms with Crippen molar-refractivity contribution >= 4 is 0 Å². The molecular weight excluding hydrogens is 262 g/mol. The van der Waals surface area contributed by atoms with Crippen molar-refractivity contribution in [3.63, 3.8) is 0 Å². The van der Waals surface area contributed by atoms with Crippen molar-refractivity contribution in [3.05, 3.63) is 29.8 Å². The Hall–Kier alpha value is -1.06. The van der Waals surface area contributed by atoms with Crippen LogP contribution in [0.1, 0.15) is 57.1 Å². The molecule has 0 aromatic heterocycles. The van der Waals surface area contributed by atoms with Crippen LogP contribution in [0, 0.1) is 0 Å². The van der Waals surface area contributed by atoms with Crippen molar-refractivity contribution in [1.29, 1.82) is 0 Å². The Labute approximate surface area is 128 Å². The van der Waals surface area contributed by atoms with E-state index in [9.17, 15) is 0 Å². The van der Waals surface area contributed by atoms with E-state index in [2.05, 4.69) is 24.4 Å². The average molecular weight is 289 g/mol. The Morgan fingerprint density at radius 2 is 1.76 bits per heavy atom. The van der Waals surface area contributed by atoms with E-state index in [4.69, 9.17) is 9.47 Å². The number of morpholine rings is 1. The molecule has 116 valence electrons. The van der Waals surface area contributed by atoms with Gasteiger partial charge in [0.05, 0.1) is 18.8 Å². The van der Waals surface area contributed by atoms with E-state index in [1.54, 1.807) is 7.11 Å². The molecule has 3 heteroatoms. The number of nitrogens with one attached hydrogen (secondary N) is 1. The third-order valence-electron chi connectivity index (χ3n) is 5.04. The molecule has 1 N–H and O–H groups in total. The van der Waals surface area contributed by atoms with Gasteiger partial charge in [-0.05, 0) is 37.5 Å². The molecule has 1 aliphatic carbocycles. The number of ether oxygens (including phenoxy) is 2. The normalized spacial score (nSPS) is 29.0. The van der Waals surface area contributed by atoms with Crippen LogP contribution in [0.4, 0.5) is 0 Å². The second kappa shape index (κ2) is 6.37. The molecule has 2 atom stereocenters. The first-order valence-corrected chi connectivity index (χ1v) is 8.28. The van der Waals surface area contributed by atoms with Gasteiger partial charge < -0.3 is 14.8 Å². The smallest absolute Gasteiger partial charge is 0.118 e. The largest absolute Gasteiger partial charge is 0.497 e. The van der Waals surface area contributed by atoms with Crippen molar-refractivity contribution in [2.24, 2.45) is 0 Å². The van der Waals surface area contributed by atoms with Crippen LogP contribution in [0.15, 0.2) is 24.3 Å². The van der Waals surface area contributed by atoms with Crippen LogP contribution in [0.25, 0.3) is 0 Å². The Bertz CT molecular complexity index is 449. The first-order chi connectivity index (χ1) is 10.2. The molecule has 1 spiro atoms. The quantitative estimate of drug-likeness (QED) is 0.897. The predicted molar refractivity (Wildman–Crippen MR) is 84.7 cm³/mol. The third-order valence-corrected chi connectivity index (χ3v) is 5.04. The van der Waals surface area contributed by atoms with E-state index < -0.39 is 0 Å². The summed E-state index contributed by atoms with van der Waals surface area (Å²) in [5.74, 6) is 0.902. The van der Waals surface area contributed by atoms with Crippen LogP contribution in [0.2, 0.25) is 0 Å². The molecule has 0 radical (unpaired) electrons. The SMILES string of the molecule is COc1ccc(C2OC3(CCCCCC3)CNC2C)cc1. The van der Waals surface area contributed by atoms with Gasteiger partial charge in [0.1, 0.15) is 5.75 Å². The van der Waals surface area contributed by atoms with Gasteiger partial charge in [0.25, 0.3) is 0 Å². The zero-order chi connectivity index (χ0) is 14.7. The monoisotopic (exact) mass is 289 g/mol. The van der Waals surface area contributed by atoms with E-state index in [0.717, 1.165) is 12.3 Å². The lowest BCUT2D eigenvalue weighted by Gasteiger charge is -2.45. The third kappa shape index (κ3) is 3.24. The maximum absolute atomic E-state index is 6.66. The number of rotatable bonds is 2. The molecule has 1 aromatic rings. The Balaban J connectivity index is 1.78. The second-order valence-electron chi connectivity index (χ2n) is 6.58. The number of benzene rings is 1. The van der Waals surface area contributed by atoms with Gasteiger partial charge in [-0.2, -0.15) is 0 Å². The standard InChI is InChI=1S/C18H27NO2/c1-14-17(15-7-9-16(20-2)10-8-15)21-18(13-19-14)11-5-3-4-6-12-18/h7-10,14,17,19H,3-6,11-13H2,1-2H3. The number of hydrogen-bond donors (Lipinski definition) is 1. The highest BCUT2D eigenvalue weighted by Gasteiger charge is 2.40. The van der Waals surface area contributed by atoms with Gasteiger partial charge in [-0.3, -0.25) is 0 Å². The summed E-state index contributed by atoms with van der Waals surface area (Å²) in [7, 11) is 1.71. The number of methoxy groups -OCH3 is 1. The molecule has 21 heavy (non-hydrogen) atoms.